The van der Waals surface area contributed by atoms with Gasteiger partial charge < -0.3 is 20.7 Å². The van der Waals surface area contributed by atoms with Crippen molar-refractivity contribution in [3.8, 4) is 11.3 Å². The Morgan fingerprint density at radius 2 is 1.85 bits per heavy atom. The number of ether oxygens (including phenoxy) is 1. The summed E-state index contributed by atoms with van der Waals surface area (Å²) in [5.74, 6) is 0.497. The number of carbonyl (C=O) groups excluding carboxylic acids is 2. The van der Waals surface area contributed by atoms with Gasteiger partial charge >= 0.3 is 6.09 Å². The second-order valence-corrected chi connectivity index (χ2v) is 11.7. The Morgan fingerprint density at radius 1 is 1.10 bits per heavy atom. The molecule has 1 saturated carbocycles. The predicted octanol–water partition coefficient (Wildman–Crippen LogP) is 6.04. The lowest BCUT2D eigenvalue weighted by molar-refractivity contribution is 0.0527. The summed E-state index contributed by atoms with van der Waals surface area (Å²) < 4.78 is 7.37. The van der Waals surface area contributed by atoms with Gasteiger partial charge in [0.1, 0.15) is 5.60 Å². The topological polar surface area (TPSA) is 110 Å². The minimum absolute atomic E-state index is 0.148. The number of anilines is 1. The maximum atomic E-state index is 12.6. The normalized spacial score (nSPS) is 13.4. The number of imidazole rings is 1. The first-order chi connectivity index (χ1) is 19.0. The van der Waals surface area contributed by atoms with Crippen LogP contribution in [0.2, 0.25) is 5.02 Å². The summed E-state index contributed by atoms with van der Waals surface area (Å²) in [5, 5.41) is 9.56. The van der Waals surface area contributed by atoms with Crippen LogP contribution in [0, 0.1) is 13.8 Å². The number of benzene rings is 2. The fraction of sp³-hybridized carbons (Fsp3) is 0.400. The van der Waals surface area contributed by atoms with Gasteiger partial charge in [-0.2, -0.15) is 0 Å². The SMILES string of the molecule is Cc1cc2nc(NCCCNC(=O)OC(C)(C)C)c3ncc(-c4ccc(C(=O)NC5CC5)c(Cl)c4)n3c2cc1C. The first-order valence-corrected chi connectivity index (χ1v) is 14.0. The van der Waals surface area contributed by atoms with Crippen molar-refractivity contribution >= 4 is 46.1 Å². The number of rotatable bonds is 8. The monoisotopic (exact) mass is 562 g/mol. The van der Waals surface area contributed by atoms with E-state index in [9.17, 15) is 9.59 Å². The number of hydrogen-bond acceptors (Lipinski definition) is 6. The van der Waals surface area contributed by atoms with Gasteiger partial charge in [-0.3, -0.25) is 9.20 Å². The van der Waals surface area contributed by atoms with E-state index < -0.39 is 11.7 Å². The van der Waals surface area contributed by atoms with E-state index in [1.54, 1.807) is 12.3 Å². The number of halogens is 1. The Balaban J connectivity index is 1.43. The van der Waals surface area contributed by atoms with Crippen LogP contribution in [0.1, 0.15) is 61.5 Å². The van der Waals surface area contributed by atoms with Crippen molar-refractivity contribution in [1.29, 1.82) is 0 Å². The molecule has 40 heavy (non-hydrogen) atoms. The third kappa shape index (κ3) is 6.14. The van der Waals surface area contributed by atoms with Gasteiger partial charge in [-0.05, 0) is 89.3 Å². The maximum absolute atomic E-state index is 12.6. The van der Waals surface area contributed by atoms with Gasteiger partial charge in [0.05, 0.1) is 33.5 Å². The van der Waals surface area contributed by atoms with Gasteiger partial charge in [0.15, 0.2) is 11.5 Å². The van der Waals surface area contributed by atoms with Crippen molar-refractivity contribution in [2.75, 3.05) is 18.4 Å². The Kier molecular flexibility index (Phi) is 7.59. The molecule has 1 aliphatic carbocycles. The van der Waals surface area contributed by atoms with Crippen molar-refractivity contribution < 1.29 is 14.3 Å². The lowest BCUT2D eigenvalue weighted by Gasteiger charge is -2.19. The van der Waals surface area contributed by atoms with Gasteiger partial charge in [0.25, 0.3) is 5.91 Å². The third-order valence-corrected chi connectivity index (χ3v) is 7.09. The van der Waals surface area contributed by atoms with E-state index in [2.05, 4.69) is 46.3 Å². The van der Waals surface area contributed by atoms with Crippen molar-refractivity contribution in [3.63, 3.8) is 0 Å². The van der Waals surface area contributed by atoms with E-state index in [1.165, 1.54) is 0 Å². The molecule has 0 radical (unpaired) electrons. The number of amides is 2. The zero-order valence-corrected chi connectivity index (χ0v) is 24.3. The second kappa shape index (κ2) is 11.0. The molecular formula is C30H35ClN6O3. The molecule has 0 aliphatic heterocycles. The van der Waals surface area contributed by atoms with Gasteiger partial charge in [0, 0.05) is 24.7 Å². The van der Waals surface area contributed by atoms with Crippen LogP contribution in [-0.4, -0.2) is 51.1 Å². The minimum atomic E-state index is -0.536. The summed E-state index contributed by atoms with van der Waals surface area (Å²) in [6.45, 7) is 10.7. The number of aromatic nitrogens is 3. The van der Waals surface area contributed by atoms with Crippen LogP contribution in [0.25, 0.3) is 27.9 Å². The highest BCUT2D eigenvalue weighted by Crippen LogP contribution is 2.32. The fourth-order valence-corrected chi connectivity index (χ4v) is 4.73. The molecule has 9 nitrogen and oxygen atoms in total. The van der Waals surface area contributed by atoms with E-state index in [1.807, 2.05) is 32.9 Å². The Morgan fingerprint density at radius 3 is 2.55 bits per heavy atom. The molecule has 1 fully saturated rings. The van der Waals surface area contributed by atoms with Crippen LogP contribution in [0.4, 0.5) is 10.6 Å². The molecule has 0 atom stereocenters. The van der Waals surface area contributed by atoms with Crippen LogP contribution >= 0.6 is 11.6 Å². The molecule has 3 N–H and O–H groups in total. The van der Waals surface area contributed by atoms with Crippen LogP contribution in [0.3, 0.4) is 0 Å². The number of fused-ring (bicyclic) bond motifs is 3. The molecule has 0 saturated heterocycles. The van der Waals surface area contributed by atoms with E-state index in [0.29, 0.717) is 41.6 Å². The van der Waals surface area contributed by atoms with E-state index in [4.69, 9.17) is 26.3 Å². The summed E-state index contributed by atoms with van der Waals surface area (Å²) in [5.41, 5.74) is 6.34. The van der Waals surface area contributed by atoms with Crippen molar-refractivity contribution in [1.82, 2.24) is 25.0 Å². The molecule has 10 heteroatoms. The summed E-state index contributed by atoms with van der Waals surface area (Å²) in [7, 11) is 0. The number of carbonyl (C=O) groups is 2. The highest BCUT2D eigenvalue weighted by Gasteiger charge is 2.25. The number of alkyl carbamates (subject to hydrolysis) is 1. The molecule has 2 aromatic heterocycles. The summed E-state index contributed by atoms with van der Waals surface area (Å²) in [6, 6.07) is 9.93. The molecular weight excluding hydrogens is 528 g/mol. The average molecular weight is 563 g/mol. The Bertz CT molecular complexity index is 1600. The predicted molar refractivity (Wildman–Crippen MR) is 158 cm³/mol. The molecule has 0 bridgehead atoms. The van der Waals surface area contributed by atoms with Crippen molar-refractivity contribution in [3.05, 3.63) is 58.2 Å². The van der Waals surface area contributed by atoms with Crippen LogP contribution < -0.4 is 16.0 Å². The zero-order chi connectivity index (χ0) is 28.6. The largest absolute Gasteiger partial charge is 0.444 e. The van der Waals surface area contributed by atoms with Gasteiger partial charge in [-0.15, -0.1) is 0 Å². The molecule has 1 aliphatic rings. The number of hydrogen-bond donors (Lipinski definition) is 3. The van der Waals surface area contributed by atoms with Crippen LogP contribution in [0.5, 0.6) is 0 Å². The minimum Gasteiger partial charge on any atom is -0.444 e. The maximum Gasteiger partial charge on any atom is 0.407 e. The van der Waals surface area contributed by atoms with E-state index in [-0.39, 0.29) is 11.9 Å². The zero-order valence-electron chi connectivity index (χ0n) is 23.5. The van der Waals surface area contributed by atoms with Crippen LogP contribution in [-0.2, 0) is 4.74 Å². The number of nitrogens with one attached hydrogen (secondary N) is 3. The first-order valence-electron chi connectivity index (χ1n) is 13.6. The van der Waals surface area contributed by atoms with E-state index >= 15 is 0 Å². The van der Waals surface area contributed by atoms with Gasteiger partial charge in [0.2, 0.25) is 0 Å². The summed E-state index contributed by atoms with van der Waals surface area (Å²) >= 11 is 6.59. The quantitative estimate of drug-likeness (QED) is 0.226. The molecule has 2 heterocycles. The standard InChI is InChI=1S/C30H35ClN6O3/c1-17-13-23-24(14-18(17)2)37-25(19-7-10-21(22(31)15-19)28(38)35-20-8-9-20)16-34-27(37)26(36-23)32-11-6-12-33-29(39)40-30(3,4)5/h7,10,13-16,20H,6,8-9,11-12H2,1-5H3,(H,32,36)(H,33,39)(H,35,38). The second-order valence-electron chi connectivity index (χ2n) is 11.3. The van der Waals surface area contributed by atoms with Gasteiger partial charge in [-0.25, -0.2) is 14.8 Å². The molecule has 210 valence electrons. The van der Waals surface area contributed by atoms with E-state index in [0.717, 1.165) is 46.3 Å². The average Bonchev–Trinajstić information content (AvgIpc) is 3.57. The summed E-state index contributed by atoms with van der Waals surface area (Å²) in [4.78, 5) is 34.2. The van der Waals surface area contributed by atoms with Gasteiger partial charge in [-0.1, -0.05) is 17.7 Å². The highest BCUT2D eigenvalue weighted by molar-refractivity contribution is 6.34. The first kappa shape index (κ1) is 27.7. The van der Waals surface area contributed by atoms with Crippen molar-refractivity contribution in [2.45, 2.75) is 65.5 Å². The molecule has 4 aromatic rings. The lowest BCUT2D eigenvalue weighted by atomic mass is 10.1. The number of aryl methyl sites for hydroxylation is 2. The smallest absolute Gasteiger partial charge is 0.407 e. The highest BCUT2D eigenvalue weighted by atomic mass is 35.5. The summed E-state index contributed by atoms with van der Waals surface area (Å²) in [6.07, 6.45) is 4.07. The molecule has 5 rings (SSSR count). The molecule has 2 aromatic carbocycles. The molecule has 2 amide bonds. The third-order valence-electron chi connectivity index (χ3n) is 6.77. The molecule has 0 unspecified atom stereocenters. The van der Waals surface area contributed by atoms with Crippen molar-refractivity contribution in [2.24, 2.45) is 0 Å². The van der Waals surface area contributed by atoms with Crippen LogP contribution in [0.15, 0.2) is 36.5 Å². The molecule has 0 spiro atoms. The lowest BCUT2D eigenvalue weighted by Crippen LogP contribution is -2.33. The Labute approximate surface area is 238 Å². The number of nitrogens with zero attached hydrogens (tertiary/aromatic N) is 3. The fourth-order valence-electron chi connectivity index (χ4n) is 4.46. The Hall–Kier alpha value is -3.85.